The average molecular weight is 259 g/mol. The molecule has 1 aromatic heterocycles. The number of aliphatic hydroxyl groups is 1. The molecule has 0 radical (unpaired) electrons. The lowest BCUT2D eigenvalue weighted by Crippen LogP contribution is -2.07. The Labute approximate surface area is 113 Å². The highest BCUT2D eigenvalue weighted by atomic mass is 16.5. The Bertz CT molecular complexity index is 541. The third-order valence-corrected chi connectivity index (χ3v) is 3.99. The Morgan fingerprint density at radius 3 is 3.05 bits per heavy atom. The Morgan fingerprint density at radius 1 is 1.32 bits per heavy atom. The van der Waals surface area contributed by atoms with Crippen molar-refractivity contribution in [2.45, 2.75) is 44.9 Å². The number of nitrogens with zero attached hydrogens (tertiary/aromatic N) is 1. The molecule has 1 fully saturated rings. The fraction of sp³-hybridized carbons (Fsp3) is 0.500. The molecule has 1 aromatic carbocycles. The van der Waals surface area contributed by atoms with Crippen LogP contribution in [0.15, 0.2) is 30.5 Å². The first-order valence-corrected chi connectivity index (χ1v) is 7.17. The lowest BCUT2D eigenvalue weighted by Gasteiger charge is -2.11. The number of rotatable bonds is 5. The molecule has 0 spiro atoms. The van der Waals surface area contributed by atoms with Crippen molar-refractivity contribution in [3.05, 3.63) is 36.0 Å². The monoisotopic (exact) mass is 259 g/mol. The first kappa shape index (κ1) is 12.7. The van der Waals surface area contributed by atoms with Crippen LogP contribution >= 0.6 is 0 Å². The van der Waals surface area contributed by atoms with Gasteiger partial charge in [-0.1, -0.05) is 18.2 Å². The van der Waals surface area contributed by atoms with E-state index in [0.29, 0.717) is 6.10 Å². The van der Waals surface area contributed by atoms with Crippen LogP contribution in [0.5, 0.6) is 0 Å². The minimum absolute atomic E-state index is 0.104. The summed E-state index contributed by atoms with van der Waals surface area (Å²) in [4.78, 5) is 0. The van der Waals surface area contributed by atoms with Crippen molar-refractivity contribution in [2.24, 2.45) is 0 Å². The predicted molar refractivity (Wildman–Crippen MR) is 76.1 cm³/mol. The minimum atomic E-state index is 0.104. The highest BCUT2D eigenvalue weighted by molar-refractivity contribution is 5.83. The SMILES string of the molecule is OCc1cccc2ccn(CCCC3CCCO3)c12. The summed E-state index contributed by atoms with van der Waals surface area (Å²) in [6.45, 7) is 2.04. The molecule has 1 atom stereocenters. The van der Waals surface area contributed by atoms with Gasteiger partial charge in [-0.25, -0.2) is 0 Å². The molecule has 0 amide bonds. The van der Waals surface area contributed by atoms with Crippen LogP contribution in [0.4, 0.5) is 0 Å². The largest absolute Gasteiger partial charge is 0.392 e. The Hall–Kier alpha value is -1.32. The van der Waals surface area contributed by atoms with Crippen LogP contribution in [0.2, 0.25) is 0 Å². The summed E-state index contributed by atoms with van der Waals surface area (Å²) in [5.41, 5.74) is 2.19. The number of hydrogen-bond donors (Lipinski definition) is 1. The van der Waals surface area contributed by atoms with Crippen LogP contribution in [-0.4, -0.2) is 22.4 Å². The second-order valence-electron chi connectivity index (χ2n) is 5.30. The van der Waals surface area contributed by atoms with E-state index in [0.717, 1.165) is 31.6 Å². The molecule has 2 heterocycles. The van der Waals surface area contributed by atoms with Crippen LogP contribution < -0.4 is 0 Å². The standard InChI is InChI=1S/C16H21NO2/c18-12-14-5-1-4-13-8-10-17(16(13)14)9-2-6-15-7-3-11-19-15/h1,4-5,8,10,15,18H,2-3,6-7,9,11-12H2. The maximum atomic E-state index is 9.44. The number of benzene rings is 1. The molecule has 1 aliphatic heterocycles. The van der Waals surface area contributed by atoms with Gasteiger partial charge < -0.3 is 14.4 Å². The molecule has 2 aromatic rings. The molecule has 3 heteroatoms. The lowest BCUT2D eigenvalue weighted by molar-refractivity contribution is 0.101. The summed E-state index contributed by atoms with van der Waals surface area (Å²) in [5, 5.41) is 10.7. The fourth-order valence-electron chi connectivity index (χ4n) is 3.02. The molecule has 3 rings (SSSR count). The van der Waals surface area contributed by atoms with E-state index in [1.807, 2.05) is 12.1 Å². The Kier molecular flexibility index (Phi) is 3.85. The maximum Gasteiger partial charge on any atom is 0.0702 e. The van der Waals surface area contributed by atoms with Gasteiger partial charge in [-0.15, -0.1) is 0 Å². The molecular formula is C16H21NO2. The summed E-state index contributed by atoms with van der Waals surface area (Å²) in [5.74, 6) is 0. The van der Waals surface area contributed by atoms with E-state index < -0.39 is 0 Å². The van der Waals surface area contributed by atoms with Crippen molar-refractivity contribution in [3.63, 3.8) is 0 Å². The van der Waals surface area contributed by atoms with Crippen LogP contribution in [0.25, 0.3) is 10.9 Å². The van der Waals surface area contributed by atoms with E-state index >= 15 is 0 Å². The first-order chi connectivity index (χ1) is 9.38. The van der Waals surface area contributed by atoms with Gasteiger partial charge in [0.05, 0.1) is 18.2 Å². The van der Waals surface area contributed by atoms with Crippen molar-refractivity contribution in [1.29, 1.82) is 0 Å². The average Bonchev–Trinajstić information content (AvgIpc) is 3.08. The van der Waals surface area contributed by atoms with Crippen molar-refractivity contribution in [3.8, 4) is 0 Å². The molecule has 0 saturated carbocycles. The van der Waals surface area contributed by atoms with Crippen LogP contribution in [0.3, 0.4) is 0 Å². The number of fused-ring (bicyclic) bond motifs is 1. The molecule has 19 heavy (non-hydrogen) atoms. The highest BCUT2D eigenvalue weighted by Crippen LogP contribution is 2.22. The van der Waals surface area contributed by atoms with Crippen LogP contribution in [0, 0.1) is 0 Å². The topological polar surface area (TPSA) is 34.4 Å². The van der Waals surface area contributed by atoms with Gasteiger partial charge in [-0.2, -0.15) is 0 Å². The molecule has 1 aliphatic rings. The summed E-state index contributed by atoms with van der Waals surface area (Å²) in [6.07, 6.45) is 7.30. The summed E-state index contributed by atoms with van der Waals surface area (Å²) in [6, 6.07) is 8.23. The van der Waals surface area contributed by atoms with E-state index in [4.69, 9.17) is 4.74 Å². The second-order valence-corrected chi connectivity index (χ2v) is 5.30. The van der Waals surface area contributed by atoms with E-state index in [9.17, 15) is 5.11 Å². The van der Waals surface area contributed by atoms with Gasteiger partial charge in [0.15, 0.2) is 0 Å². The summed E-state index contributed by atoms with van der Waals surface area (Å²) >= 11 is 0. The number of hydrogen-bond acceptors (Lipinski definition) is 2. The van der Waals surface area contributed by atoms with Gasteiger partial charge in [0, 0.05) is 24.9 Å². The molecular weight excluding hydrogens is 238 g/mol. The molecule has 3 nitrogen and oxygen atoms in total. The number of ether oxygens (including phenoxy) is 1. The van der Waals surface area contributed by atoms with Gasteiger partial charge in [-0.3, -0.25) is 0 Å². The second kappa shape index (κ2) is 5.76. The Morgan fingerprint density at radius 2 is 2.26 bits per heavy atom. The lowest BCUT2D eigenvalue weighted by atomic mass is 10.1. The van der Waals surface area contributed by atoms with Crippen molar-refractivity contribution < 1.29 is 9.84 Å². The Balaban J connectivity index is 1.70. The molecule has 1 N–H and O–H groups in total. The number of aromatic nitrogens is 1. The van der Waals surface area contributed by atoms with Gasteiger partial charge in [0.1, 0.15) is 0 Å². The fourth-order valence-corrected chi connectivity index (χ4v) is 3.02. The molecule has 0 aliphatic carbocycles. The predicted octanol–water partition coefficient (Wildman–Crippen LogP) is 3.09. The third-order valence-electron chi connectivity index (χ3n) is 3.99. The van der Waals surface area contributed by atoms with Crippen LogP contribution in [0.1, 0.15) is 31.2 Å². The number of aryl methyl sites for hydroxylation is 1. The third kappa shape index (κ3) is 2.67. The van der Waals surface area contributed by atoms with Crippen molar-refractivity contribution in [2.75, 3.05) is 6.61 Å². The van der Waals surface area contributed by atoms with Crippen molar-refractivity contribution in [1.82, 2.24) is 4.57 Å². The van der Waals surface area contributed by atoms with Gasteiger partial charge in [0.2, 0.25) is 0 Å². The zero-order chi connectivity index (χ0) is 13.1. The summed E-state index contributed by atoms with van der Waals surface area (Å²) < 4.78 is 7.92. The maximum absolute atomic E-state index is 9.44. The zero-order valence-electron chi connectivity index (χ0n) is 11.2. The minimum Gasteiger partial charge on any atom is -0.392 e. The van der Waals surface area contributed by atoms with Crippen molar-refractivity contribution >= 4 is 10.9 Å². The summed E-state index contributed by atoms with van der Waals surface area (Å²) in [7, 11) is 0. The highest BCUT2D eigenvalue weighted by Gasteiger charge is 2.15. The normalized spacial score (nSPS) is 19.3. The molecule has 0 bridgehead atoms. The first-order valence-electron chi connectivity index (χ1n) is 7.17. The number of para-hydroxylation sites is 1. The van der Waals surface area contributed by atoms with E-state index in [-0.39, 0.29) is 6.61 Å². The zero-order valence-corrected chi connectivity index (χ0v) is 11.2. The molecule has 1 unspecified atom stereocenters. The number of aliphatic hydroxyl groups excluding tert-OH is 1. The van der Waals surface area contributed by atoms with Crippen LogP contribution in [-0.2, 0) is 17.9 Å². The molecule has 102 valence electrons. The van der Waals surface area contributed by atoms with E-state index in [1.165, 1.54) is 23.7 Å². The van der Waals surface area contributed by atoms with Gasteiger partial charge in [-0.05, 0) is 37.1 Å². The van der Waals surface area contributed by atoms with Gasteiger partial charge >= 0.3 is 0 Å². The quantitative estimate of drug-likeness (QED) is 0.895. The van der Waals surface area contributed by atoms with E-state index in [1.54, 1.807) is 0 Å². The van der Waals surface area contributed by atoms with Gasteiger partial charge in [0.25, 0.3) is 0 Å². The smallest absolute Gasteiger partial charge is 0.0702 e. The molecule has 1 saturated heterocycles. The van der Waals surface area contributed by atoms with E-state index in [2.05, 4.69) is 22.9 Å².